The summed E-state index contributed by atoms with van der Waals surface area (Å²) in [6.07, 6.45) is 2.10. The maximum atomic E-state index is 10.8. The lowest BCUT2D eigenvalue weighted by Crippen LogP contribution is -2.22. The maximum Gasteiger partial charge on any atom is 0.288 e. The summed E-state index contributed by atoms with van der Waals surface area (Å²) in [6, 6.07) is 3.14. The van der Waals surface area contributed by atoms with E-state index in [9.17, 15) is 10.1 Å². The van der Waals surface area contributed by atoms with Crippen LogP contribution in [0.2, 0.25) is 5.02 Å². The monoisotopic (exact) mass is 284 g/mol. The van der Waals surface area contributed by atoms with Gasteiger partial charge in [0.1, 0.15) is 5.02 Å². The Morgan fingerprint density at radius 1 is 1.47 bits per heavy atom. The highest BCUT2D eigenvalue weighted by atomic mass is 35.5. The van der Waals surface area contributed by atoms with E-state index in [-0.39, 0.29) is 10.7 Å². The van der Waals surface area contributed by atoms with Gasteiger partial charge in [-0.2, -0.15) is 0 Å². The third-order valence-corrected chi connectivity index (χ3v) is 3.72. The average molecular weight is 285 g/mol. The van der Waals surface area contributed by atoms with Gasteiger partial charge in [-0.15, -0.1) is 0 Å². The highest BCUT2D eigenvalue weighted by Gasteiger charge is 2.17. The van der Waals surface area contributed by atoms with Crippen LogP contribution in [-0.4, -0.2) is 24.7 Å². The quantitative estimate of drug-likeness (QED) is 0.680. The number of aryl methyl sites for hydroxylation is 1. The van der Waals surface area contributed by atoms with Gasteiger partial charge in [0.25, 0.3) is 5.69 Å². The van der Waals surface area contributed by atoms with Crippen molar-refractivity contribution < 1.29 is 9.66 Å². The summed E-state index contributed by atoms with van der Waals surface area (Å²) < 4.78 is 5.31. The second-order valence-electron chi connectivity index (χ2n) is 4.81. The van der Waals surface area contributed by atoms with Crippen molar-refractivity contribution in [2.45, 2.75) is 19.8 Å². The highest BCUT2D eigenvalue weighted by molar-refractivity contribution is 6.33. The fraction of sp³-hybridized carbons (Fsp3) is 0.538. The van der Waals surface area contributed by atoms with Crippen LogP contribution < -0.4 is 5.32 Å². The lowest BCUT2D eigenvalue weighted by Gasteiger charge is -2.23. The number of nitrogens with one attached hydrogen (secondary N) is 1. The van der Waals surface area contributed by atoms with Gasteiger partial charge in [-0.1, -0.05) is 11.6 Å². The second-order valence-corrected chi connectivity index (χ2v) is 5.22. The Kier molecular flexibility index (Phi) is 4.61. The molecular formula is C13H17ClN2O3. The standard InChI is InChI=1S/C13H17ClN2O3/c1-9-6-13(16(17)18)11(14)7-12(9)15-8-10-2-4-19-5-3-10/h6-7,10,15H,2-5,8H2,1H3. The summed E-state index contributed by atoms with van der Waals surface area (Å²) in [6.45, 7) is 4.31. The molecule has 0 aliphatic carbocycles. The Morgan fingerprint density at radius 3 is 2.79 bits per heavy atom. The molecule has 0 bridgehead atoms. The van der Waals surface area contributed by atoms with E-state index in [1.165, 1.54) is 6.07 Å². The summed E-state index contributed by atoms with van der Waals surface area (Å²) in [5.41, 5.74) is 1.65. The number of ether oxygens (including phenoxy) is 1. The van der Waals surface area contributed by atoms with Gasteiger partial charge in [-0.25, -0.2) is 0 Å². The van der Waals surface area contributed by atoms with E-state index in [0.29, 0.717) is 5.92 Å². The SMILES string of the molecule is Cc1cc([N+](=O)[O-])c(Cl)cc1NCC1CCOCC1. The highest BCUT2D eigenvalue weighted by Crippen LogP contribution is 2.30. The largest absolute Gasteiger partial charge is 0.385 e. The predicted octanol–water partition coefficient (Wildman–Crippen LogP) is 3.40. The fourth-order valence-electron chi connectivity index (χ4n) is 2.20. The Labute approximate surface area is 117 Å². The Balaban J connectivity index is 2.04. The molecule has 6 heteroatoms. The molecule has 1 aromatic carbocycles. The number of hydrogen-bond acceptors (Lipinski definition) is 4. The zero-order valence-corrected chi connectivity index (χ0v) is 11.6. The van der Waals surface area contributed by atoms with Gasteiger partial charge in [0.2, 0.25) is 0 Å². The van der Waals surface area contributed by atoms with Gasteiger partial charge < -0.3 is 10.1 Å². The van der Waals surface area contributed by atoms with Crippen molar-refractivity contribution >= 4 is 23.0 Å². The third kappa shape index (κ3) is 3.58. The molecule has 1 fully saturated rings. The Morgan fingerprint density at radius 2 is 2.16 bits per heavy atom. The molecule has 1 N–H and O–H groups in total. The van der Waals surface area contributed by atoms with Crippen LogP contribution in [0.25, 0.3) is 0 Å². The molecule has 2 rings (SSSR count). The molecule has 0 unspecified atom stereocenters. The molecule has 104 valence electrons. The zero-order valence-electron chi connectivity index (χ0n) is 10.8. The topological polar surface area (TPSA) is 64.4 Å². The van der Waals surface area contributed by atoms with Gasteiger partial charge in [0, 0.05) is 31.5 Å². The molecule has 1 aromatic rings. The van der Waals surface area contributed by atoms with Crippen molar-refractivity contribution in [3.8, 4) is 0 Å². The maximum absolute atomic E-state index is 10.8. The normalized spacial score (nSPS) is 16.3. The number of hydrogen-bond donors (Lipinski definition) is 1. The molecule has 5 nitrogen and oxygen atoms in total. The van der Waals surface area contributed by atoms with Crippen LogP contribution in [-0.2, 0) is 4.74 Å². The van der Waals surface area contributed by atoms with Crippen molar-refractivity contribution in [1.82, 2.24) is 0 Å². The van der Waals surface area contributed by atoms with Crippen LogP contribution in [0.5, 0.6) is 0 Å². The van der Waals surface area contributed by atoms with E-state index in [2.05, 4.69) is 5.32 Å². The van der Waals surface area contributed by atoms with Crippen LogP contribution in [0.15, 0.2) is 12.1 Å². The van der Waals surface area contributed by atoms with E-state index >= 15 is 0 Å². The number of nitro benzene ring substituents is 1. The Hall–Kier alpha value is -1.33. The average Bonchev–Trinajstić information content (AvgIpc) is 2.40. The zero-order chi connectivity index (χ0) is 13.8. The molecule has 1 heterocycles. The van der Waals surface area contributed by atoms with Crippen molar-refractivity contribution in [3.05, 3.63) is 32.8 Å². The molecule has 0 amide bonds. The first-order valence-electron chi connectivity index (χ1n) is 6.34. The number of anilines is 1. The first-order valence-corrected chi connectivity index (χ1v) is 6.72. The smallest absolute Gasteiger partial charge is 0.288 e. The number of halogens is 1. The van der Waals surface area contributed by atoms with Gasteiger partial charge >= 0.3 is 0 Å². The molecule has 1 saturated heterocycles. The van der Waals surface area contributed by atoms with E-state index in [1.807, 2.05) is 6.92 Å². The van der Waals surface area contributed by atoms with Crippen LogP contribution in [0.1, 0.15) is 18.4 Å². The second kappa shape index (κ2) is 6.21. The van der Waals surface area contributed by atoms with Crippen molar-refractivity contribution in [2.24, 2.45) is 5.92 Å². The van der Waals surface area contributed by atoms with Crippen molar-refractivity contribution in [3.63, 3.8) is 0 Å². The van der Waals surface area contributed by atoms with E-state index in [1.54, 1.807) is 6.07 Å². The first kappa shape index (κ1) is 14.1. The van der Waals surface area contributed by atoms with Gasteiger partial charge in [0.05, 0.1) is 4.92 Å². The van der Waals surface area contributed by atoms with Gasteiger partial charge in [0.15, 0.2) is 0 Å². The predicted molar refractivity (Wildman–Crippen MR) is 74.9 cm³/mol. The summed E-state index contributed by atoms with van der Waals surface area (Å²) in [4.78, 5) is 10.3. The van der Waals surface area contributed by atoms with Crippen LogP contribution in [0, 0.1) is 23.0 Å². The minimum Gasteiger partial charge on any atom is -0.385 e. The number of nitrogens with zero attached hydrogens (tertiary/aromatic N) is 1. The van der Waals surface area contributed by atoms with Crippen LogP contribution in [0.3, 0.4) is 0 Å². The summed E-state index contributed by atoms with van der Waals surface area (Å²) in [7, 11) is 0. The molecule has 0 saturated carbocycles. The molecule has 19 heavy (non-hydrogen) atoms. The van der Waals surface area contributed by atoms with Crippen molar-refractivity contribution in [2.75, 3.05) is 25.1 Å². The minimum atomic E-state index is -0.461. The molecule has 0 atom stereocenters. The molecule has 1 aliphatic heterocycles. The first-order chi connectivity index (χ1) is 9.08. The third-order valence-electron chi connectivity index (χ3n) is 3.41. The molecule has 0 radical (unpaired) electrons. The van der Waals surface area contributed by atoms with E-state index in [0.717, 1.165) is 43.9 Å². The molecule has 1 aliphatic rings. The molecule has 0 aromatic heterocycles. The fourth-order valence-corrected chi connectivity index (χ4v) is 2.43. The van der Waals surface area contributed by atoms with Crippen LogP contribution in [0.4, 0.5) is 11.4 Å². The minimum absolute atomic E-state index is 0.0456. The number of nitro groups is 1. The summed E-state index contributed by atoms with van der Waals surface area (Å²) >= 11 is 5.92. The van der Waals surface area contributed by atoms with Crippen molar-refractivity contribution in [1.29, 1.82) is 0 Å². The number of benzene rings is 1. The lowest BCUT2D eigenvalue weighted by atomic mass is 10.00. The van der Waals surface area contributed by atoms with Gasteiger partial charge in [-0.05, 0) is 37.3 Å². The molecular weight excluding hydrogens is 268 g/mol. The van der Waals surface area contributed by atoms with Crippen LogP contribution >= 0.6 is 11.6 Å². The molecule has 0 spiro atoms. The summed E-state index contributed by atoms with van der Waals surface area (Å²) in [5.74, 6) is 0.585. The lowest BCUT2D eigenvalue weighted by molar-refractivity contribution is -0.384. The van der Waals surface area contributed by atoms with E-state index < -0.39 is 4.92 Å². The number of rotatable bonds is 4. The summed E-state index contributed by atoms with van der Waals surface area (Å²) in [5, 5.41) is 14.3. The Bertz CT molecular complexity index is 473. The van der Waals surface area contributed by atoms with E-state index in [4.69, 9.17) is 16.3 Å². The van der Waals surface area contributed by atoms with Gasteiger partial charge in [-0.3, -0.25) is 10.1 Å².